The van der Waals surface area contributed by atoms with Gasteiger partial charge in [-0.3, -0.25) is 24.2 Å². The minimum atomic E-state index is -1.33. The largest absolute Gasteiger partial charge is 0.480 e. The van der Waals surface area contributed by atoms with Crippen molar-refractivity contribution in [2.24, 2.45) is 28.1 Å². The van der Waals surface area contributed by atoms with Gasteiger partial charge in [-0.2, -0.15) is 0 Å². The molecule has 0 rings (SSSR count). The molecule has 0 aliphatic rings. The number of aliphatic imine (C=N–C) groups is 1. The molecule has 0 heterocycles. The van der Waals surface area contributed by atoms with Crippen molar-refractivity contribution in [3.8, 4) is 0 Å². The topological polar surface area (TPSA) is 235 Å². The fourth-order valence-electron chi connectivity index (χ4n) is 2.35. The molecule has 0 saturated carbocycles. The molecule has 13 nitrogen and oxygen atoms in total. The van der Waals surface area contributed by atoms with Gasteiger partial charge in [-0.05, 0) is 18.8 Å². The Balaban J connectivity index is 4.90. The highest BCUT2D eigenvalue weighted by Gasteiger charge is 2.30. The zero-order chi connectivity index (χ0) is 23.3. The Hall–Kier alpha value is -2.93. The van der Waals surface area contributed by atoms with E-state index >= 15 is 0 Å². The number of nitrogens with zero attached hydrogens (tertiary/aromatic N) is 1. The predicted molar refractivity (Wildman–Crippen MR) is 109 cm³/mol. The monoisotopic (exact) mass is 431 g/mol. The summed E-state index contributed by atoms with van der Waals surface area (Å²) in [6.45, 7) is 2.46. The predicted octanol–water partition coefficient (Wildman–Crippen LogP) is -3.42. The first kappa shape index (κ1) is 27.1. The molecule has 0 bridgehead atoms. The van der Waals surface area contributed by atoms with Crippen molar-refractivity contribution in [1.82, 2.24) is 16.0 Å². The van der Waals surface area contributed by atoms with E-state index in [9.17, 15) is 24.3 Å². The minimum Gasteiger partial charge on any atom is -0.480 e. The van der Waals surface area contributed by atoms with Crippen LogP contribution < -0.4 is 33.2 Å². The summed E-state index contributed by atoms with van der Waals surface area (Å²) in [5.74, 6) is -3.77. The smallest absolute Gasteiger partial charge is 0.322 e. The lowest BCUT2D eigenvalue weighted by atomic mass is 9.98. The van der Waals surface area contributed by atoms with Crippen molar-refractivity contribution < 1.29 is 29.4 Å². The van der Waals surface area contributed by atoms with E-state index in [0.29, 0.717) is 12.8 Å². The van der Waals surface area contributed by atoms with Crippen LogP contribution in [0.1, 0.15) is 33.1 Å². The number of carbonyl (C=O) groups excluding carboxylic acids is 3. The number of nitrogens with two attached hydrogens (primary N) is 3. The molecule has 0 aliphatic carbocycles. The minimum absolute atomic E-state index is 0.0757. The Bertz CT molecular complexity index is 624. The molecule has 0 aromatic rings. The number of guanidine groups is 1. The van der Waals surface area contributed by atoms with Crippen LogP contribution in [-0.4, -0.2) is 77.7 Å². The molecule has 0 radical (unpaired) electrons. The maximum atomic E-state index is 12.5. The van der Waals surface area contributed by atoms with Gasteiger partial charge >= 0.3 is 5.97 Å². The number of nitrogens with one attached hydrogen (secondary N) is 3. The second-order valence-corrected chi connectivity index (χ2v) is 6.78. The van der Waals surface area contributed by atoms with E-state index in [-0.39, 0.29) is 24.8 Å². The van der Waals surface area contributed by atoms with Crippen LogP contribution >= 0.6 is 0 Å². The Morgan fingerprint density at radius 3 is 2.20 bits per heavy atom. The van der Waals surface area contributed by atoms with Crippen LogP contribution in [-0.2, 0) is 19.2 Å². The average Bonchev–Trinajstić information content (AvgIpc) is 2.69. The lowest BCUT2D eigenvalue weighted by Crippen LogP contribution is -2.58. The van der Waals surface area contributed by atoms with Crippen LogP contribution in [0.3, 0.4) is 0 Å². The third kappa shape index (κ3) is 10.6. The Morgan fingerprint density at radius 2 is 1.70 bits per heavy atom. The van der Waals surface area contributed by atoms with Crippen LogP contribution in [0.2, 0.25) is 0 Å². The van der Waals surface area contributed by atoms with Crippen molar-refractivity contribution >= 4 is 29.7 Å². The number of carboxylic acid groups (broad SMARTS) is 1. The summed E-state index contributed by atoms with van der Waals surface area (Å²) in [6.07, 6.45) is 1.19. The number of hydrogen-bond donors (Lipinski definition) is 8. The zero-order valence-electron chi connectivity index (χ0n) is 17.3. The summed E-state index contributed by atoms with van der Waals surface area (Å²) >= 11 is 0. The van der Waals surface area contributed by atoms with Crippen LogP contribution in [0.15, 0.2) is 4.99 Å². The van der Waals surface area contributed by atoms with Crippen LogP contribution in [0, 0.1) is 5.92 Å². The number of amides is 3. The van der Waals surface area contributed by atoms with Gasteiger partial charge in [0, 0.05) is 6.54 Å². The van der Waals surface area contributed by atoms with E-state index in [1.807, 2.05) is 0 Å². The second kappa shape index (κ2) is 14.1. The van der Waals surface area contributed by atoms with Gasteiger partial charge in [-0.25, -0.2) is 0 Å². The first-order valence-corrected chi connectivity index (χ1v) is 9.55. The average molecular weight is 431 g/mol. The molecule has 11 N–H and O–H groups in total. The fraction of sp³-hybridized carbons (Fsp3) is 0.706. The van der Waals surface area contributed by atoms with Gasteiger partial charge in [0.15, 0.2) is 5.96 Å². The van der Waals surface area contributed by atoms with Crippen molar-refractivity contribution in [2.75, 3.05) is 19.7 Å². The maximum absolute atomic E-state index is 12.5. The summed E-state index contributed by atoms with van der Waals surface area (Å²) in [6, 6.07) is -3.33. The van der Waals surface area contributed by atoms with Crippen LogP contribution in [0.5, 0.6) is 0 Å². The summed E-state index contributed by atoms with van der Waals surface area (Å²) in [7, 11) is 0. The molecule has 30 heavy (non-hydrogen) atoms. The van der Waals surface area contributed by atoms with Crippen molar-refractivity contribution in [3.05, 3.63) is 0 Å². The quantitative estimate of drug-likeness (QED) is 0.0775. The molecule has 4 unspecified atom stereocenters. The number of aliphatic hydroxyl groups excluding tert-OH is 1. The summed E-state index contributed by atoms with van der Waals surface area (Å²) < 4.78 is 0. The normalized spacial score (nSPS) is 14.5. The van der Waals surface area contributed by atoms with E-state index in [4.69, 9.17) is 22.3 Å². The third-order valence-corrected chi connectivity index (χ3v) is 4.33. The highest BCUT2D eigenvalue weighted by Crippen LogP contribution is 2.08. The first-order valence-electron chi connectivity index (χ1n) is 9.55. The maximum Gasteiger partial charge on any atom is 0.322 e. The summed E-state index contributed by atoms with van der Waals surface area (Å²) in [5.41, 5.74) is 16.2. The SMILES string of the molecule is CCC(C)C(NC(=O)C(CO)NC(=O)C(N)CCCN=C(N)N)C(=O)NCC(=O)O. The highest BCUT2D eigenvalue weighted by molar-refractivity contribution is 5.93. The third-order valence-electron chi connectivity index (χ3n) is 4.33. The molecular formula is C17H33N7O6. The number of aliphatic hydroxyl groups is 1. The van der Waals surface area contributed by atoms with Gasteiger partial charge in [-0.1, -0.05) is 20.3 Å². The molecule has 0 saturated heterocycles. The molecule has 172 valence electrons. The lowest BCUT2D eigenvalue weighted by molar-refractivity contribution is -0.139. The molecule has 0 aromatic carbocycles. The highest BCUT2D eigenvalue weighted by atomic mass is 16.4. The molecule has 3 amide bonds. The molecule has 0 spiro atoms. The van der Waals surface area contributed by atoms with Gasteiger partial charge in [0.2, 0.25) is 17.7 Å². The number of carbonyl (C=O) groups is 4. The molecule has 0 aromatic heterocycles. The Labute approximate surface area is 174 Å². The molecule has 0 aliphatic heterocycles. The Morgan fingerprint density at radius 1 is 1.07 bits per heavy atom. The van der Waals surface area contributed by atoms with Gasteiger partial charge in [-0.15, -0.1) is 0 Å². The fourth-order valence-corrected chi connectivity index (χ4v) is 2.35. The van der Waals surface area contributed by atoms with Crippen LogP contribution in [0.25, 0.3) is 0 Å². The summed E-state index contributed by atoms with van der Waals surface area (Å²) in [5, 5.41) is 25.2. The van der Waals surface area contributed by atoms with E-state index in [1.165, 1.54) is 0 Å². The molecule has 13 heteroatoms. The summed E-state index contributed by atoms with van der Waals surface area (Å²) in [4.78, 5) is 51.3. The zero-order valence-corrected chi connectivity index (χ0v) is 17.3. The molecule has 0 fully saturated rings. The van der Waals surface area contributed by atoms with E-state index in [0.717, 1.165) is 0 Å². The number of carboxylic acids is 1. The second-order valence-electron chi connectivity index (χ2n) is 6.78. The van der Waals surface area contributed by atoms with E-state index < -0.39 is 55.0 Å². The number of rotatable bonds is 14. The van der Waals surface area contributed by atoms with Gasteiger partial charge in [0.25, 0.3) is 0 Å². The van der Waals surface area contributed by atoms with Crippen molar-refractivity contribution in [3.63, 3.8) is 0 Å². The first-order chi connectivity index (χ1) is 14.0. The Kier molecular flexibility index (Phi) is 12.7. The van der Waals surface area contributed by atoms with E-state index in [2.05, 4.69) is 20.9 Å². The van der Waals surface area contributed by atoms with Crippen LogP contribution in [0.4, 0.5) is 0 Å². The van der Waals surface area contributed by atoms with Crippen molar-refractivity contribution in [1.29, 1.82) is 0 Å². The van der Waals surface area contributed by atoms with Gasteiger partial charge in [0.05, 0.1) is 12.6 Å². The van der Waals surface area contributed by atoms with Gasteiger partial charge < -0.3 is 43.4 Å². The molecule has 4 atom stereocenters. The van der Waals surface area contributed by atoms with Gasteiger partial charge in [0.1, 0.15) is 18.6 Å². The van der Waals surface area contributed by atoms with Crippen molar-refractivity contribution in [2.45, 2.75) is 51.2 Å². The number of hydrogen-bond acceptors (Lipinski definition) is 7. The standard InChI is InChI=1S/C17H33N7O6/c1-3-9(2)13(16(30)22-7-12(26)27)24-15(29)11(8-25)23-14(28)10(18)5-4-6-21-17(19)20/h9-11,13,25H,3-8,18H2,1-2H3,(H,22,30)(H,23,28)(H,24,29)(H,26,27)(H4,19,20,21). The lowest BCUT2D eigenvalue weighted by Gasteiger charge is -2.26. The molecular weight excluding hydrogens is 398 g/mol. The van der Waals surface area contributed by atoms with E-state index in [1.54, 1.807) is 13.8 Å². The number of aliphatic carboxylic acids is 1.